The number of benzene rings is 1. The number of hydrogen-bond acceptors (Lipinski definition) is 3. The Hall–Kier alpha value is -2.56. The molecule has 0 bridgehead atoms. The van der Waals surface area contributed by atoms with Gasteiger partial charge in [-0.2, -0.15) is 5.10 Å². The van der Waals surface area contributed by atoms with E-state index in [2.05, 4.69) is 10.4 Å². The Morgan fingerprint density at radius 2 is 2.19 bits per heavy atom. The quantitative estimate of drug-likeness (QED) is 0.780. The number of anilines is 1. The molecule has 2 aromatic heterocycles. The molecule has 1 aromatic carbocycles. The van der Waals surface area contributed by atoms with Crippen molar-refractivity contribution >= 4 is 11.2 Å². The van der Waals surface area contributed by atoms with E-state index in [1.807, 2.05) is 42.0 Å². The lowest BCUT2D eigenvalue weighted by molar-refractivity contribution is 0.321. The smallest absolute Gasteiger partial charge is 0.167 e. The Kier molecular flexibility index (Phi) is 3.73. The van der Waals surface area contributed by atoms with Crippen LogP contribution in [-0.2, 0) is 6.54 Å². The van der Waals surface area contributed by atoms with Gasteiger partial charge in [0.2, 0.25) is 0 Å². The van der Waals surface area contributed by atoms with E-state index in [0.29, 0.717) is 18.8 Å². The molecule has 0 unspecified atom stereocenters. The van der Waals surface area contributed by atoms with Gasteiger partial charge in [0.1, 0.15) is 0 Å². The average molecular weight is 285 g/mol. The minimum Gasteiger partial charge on any atom is -0.491 e. The molecule has 3 rings (SSSR count). The van der Waals surface area contributed by atoms with Crippen LogP contribution in [0.2, 0.25) is 0 Å². The third kappa shape index (κ3) is 2.81. The standard InChI is InChI=1S/C16H16FN3O/c1-2-21-16-7-6-13(9-14(16)17)18-10-12-11-19-20-8-4-3-5-15(12)20/h3-9,11,18H,2,10H2,1H3. The Balaban J connectivity index is 1.74. The molecule has 0 amide bonds. The maximum Gasteiger partial charge on any atom is 0.167 e. The largest absolute Gasteiger partial charge is 0.491 e. The predicted octanol–water partition coefficient (Wildman–Crippen LogP) is 3.48. The van der Waals surface area contributed by atoms with Gasteiger partial charge in [-0.3, -0.25) is 0 Å². The molecule has 0 saturated carbocycles. The number of rotatable bonds is 5. The summed E-state index contributed by atoms with van der Waals surface area (Å²) in [6.07, 6.45) is 3.71. The minimum atomic E-state index is -0.360. The van der Waals surface area contributed by atoms with Crippen molar-refractivity contribution in [3.8, 4) is 5.75 Å². The first-order valence-electron chi connectivity index (χ1n) is 6.85. The predicted molar refractivity (Wildman–Crippen MR) is 80.1 cm³/mol. The van der Waals surface area contributed by atoms with Crippen LogP contribution in [0.25, 0.3) is 5.52 Å². The highest BCUT2D eigenvalue weighted by atomic mass is 19.1. The lowest BCUT2D eigenvalue weighted by atomic mass is 10.2. The first-order chi connectivity index (χ1) is 10.3. The molecule has 108 valence electrons. The summed E-state index contributed by atoms with van der Waals surface area (Å²) in [5.74, 6) is -0.0826. The number of ether oxygens (including phenoxy) is 1. The Bertz CT molecular complexity index is 754. The Labute approximate surface area is 122 Å². The van der Waals surface area contributed by atoms with Crippen molar-refractivity contribution in [3.05, 3.63) is 60.2 Å². The highest BCUT2D eigenvalue weighted by Gasteiger charge is 2.06. The molecular weight excluding hydrogens is 269 g/mol. The second kappa shape index (κ2) is 5.83. The van der Waals surface area contributed by atoms with Crippen LogP contribution in [0.5, 0.6) is 5.75 Å². The number of fused-ring (bicyclic) bond motifs is 1. The summed E-state index contributed by atoms with van der Waals surface area (Å²) in [4.78, 5) is 0. The van der Waals surface area contributed by atoms with Gasteiger partial charge in [0.25, 0.3) is 0 Å². The Morgan fingerprint density at radius 1 is 1.29 bits per heavy atom. The lowest BCUT2D eigenvalue weighted by Crippen LogP contribution is -2.01. The van der Waals surface area contributed by atoms with E-state index in [1.54, 1.807) is 12.1 Å². The zero-order chi connectivity index (χ0) is 14.7. The van der Waals surface area contributed by atoms with Gasteiger partial charge in [-0.1, -0.05) is 6.07 Å². The summed E-state index contributed by atoms with van der Waals surface area (Å²) in [6.45, 7) is 2.86. The van der Waals surface area contributed by atoms with Crippen molar-refractivity contribution in [1.29, 1.82) is 0 Å². The van der Waals surface area contributed by atoms with E-state index in [4.69, 9.17) is 4.74 Å². The number of pyridine rings is 1. The molecule has 0 aliphatic rings. The van der Waals surface area contributed by atoms with Crippen LogP contribution >= 0.6 is 0 Å². The van der Waals surface area contributed by atoms with Gasteiger partial charge in [-0.05, 0) is 31.2 Å². The van der Waals surface area contributed by atoms with Crippen molar-refractivity contribution in [1.82, 2.24) is 9.61 Å². The lowest BCUT2D eigenvalue weighted by Gasteiger charge is -2.08. The fraction of sp³-hybridized carbons (Fsp3) is 0.188. The Morgan fingerprint density at radius 3 is 3.00 bits per heavy atom. The van der Waals surface area contributed by atoms with Crippen LogP contribution in [-0.4, -0.2) is 16.2 Å². The van der Waals surface area contributed by atoms with E-state index in [-0.39, 0.29) is 11.6 Å². The molecule has 0 spiro atoms. The zero-order valence-electron chi connectivity index (χ0n) is 11.7. The van der Waals surface area contributed by atoms with E-state index in [9.17, 15) is 4.39 Å². The second-order valence-corrected chi connectivity index (χ2v) is 4.63. The summed E-state index contributed by atoms with van der Waals surface area (Å²) in [5, 5.41) is 7.47. The molecule has 1 N–H and O–H groups in total. The van der Waals surface area contributed by atoms with Gasteiger partial charge in [0, 0.05) is 30.1 Å². The molecule has 3 aromatic rings. The summed E-state index contributed by atoms with van der Waals surface area (Å²) >= 11 is 0. The summed E-state index contributed by atoms with van der Waals surface area (Å²) in [7, 11) is 0. The zero-order valence-corrected chi connectivity index (χ0v) is 11.7. The second-order valence-electron chi connectivity index (χ2n) is 4.63. The van der Waals surface area contributed by atoms with Crippen LogP contribution in [0, 0.1) is 5.82 Å². The van der Waals surface area contributed by atoms with E-state index in [0.717, 1.165) is 11.1 Å². The van der Waals surface area contributed by atoms with E-state index < -0.39 is 0 Å². The number of aromatic nitrogens is 2. The van der Waals surface area contributed by atoms with Crippen LogP contribution in [0.15, 0.2) is 48.8 Å². The SMILES string of the molecule is CCOc1ccc(NCc2cnn3ccccc23)cc1F. The van der Waals surface area contributed by atoms with E-state index >= 15 is 0 Å². The van der Waals surface area contributed by atoms with Crippen LogP contribution < -0.4 is 10.1 Å². The summed E-state index contributed by atoms with van der Waals surface area (Å²) in [6, 6.07) is 10.8. The molecule has 4 nitrogen and oxygen atoms in total. The fourth-order valence-corrected chi connectivity index (χ4v) is 2.20. The van der Waals surface area contributed by atoms with Crippen molar-refractivity contribution in [2.24, 2.45) is 0 Å². The van der Waals surface area contributed by atoms with Crippen molar-refractivity contribution in [3.63, 3.8) is 0 Å². The number of halogens is 1. The first-order valence-corrected chi connectivity index (χ1v) is 6.85. The molecule has 0 aliphatic carbocycles. The van der Waals surface area contributed by atoms with E-state index in [1.165, 1.54) is 6.07 Å². The van der Waals surface area contributed by atoms with Crippen molar-refractivity contribution < 1.29 is 9.13 Å². The first kappa shape index (κ1) is 13.4. The highest BCUT2D eigenvalue weighted by Crippen LogP contribution is 2.22. The molecule has 2 heterocycles. The van der Waals surface area contributed by atoms with Crippen LogP contribution in [0.3, 0.4) is 0 Å². The van der Waals surface area contributed by atoms with Gasteiger partial charge in [-0.15, -0.1) is 0 Å². The van der Waals surface area contributed by atoms with Crippen molar-refractivity contribution in [2.75, 3.05) is 11.9 Å². The molecule has 0 atom stereocenters. The topological polar surface area (TPSA) is 38.6 Å². The summed E-state index contributed by atoms with van der Waals surface area (Å²) in [5.41, 5.74) is 2.81. The molecule has 0 aliphatic heterocycles. The van der Waals surface area contributed by atoms with Crippen LogP contribution in [0.1, 0.15) is 12.5 Å². The van der Waals surface area contributed by atoms with Gasteiger partial charge in [0.05, 0.1) is 18.3 Å². The fourth-order valence-electron chi connectivity index (χ4n) is 2.20. The summed E-state index contributed by atoms with van der Waals surface area (Å²) < 4.78 is 20.8. The monoisotopic (exact) mass is 285 g/mol. The third-order valence-electron chi connectivity index (χ3n) is 3.22. The molecule has 21 heavy (non-hydrogen) atoms. The molecule has 0 fully saturated rings. The molecule has 5 heteroatoms. The minimum absolute atomic E-state index is 0.277. The van der Waals surface area contributed by atoms with Gasteiger partial charge in [-0.25, -0.2) is 8.91 Å². The number of nitrogens with zero attached hydrogens (tertiary/aromatic N) is 2. The maximum absolute atomic E-state index is 13.8. The van der Waals surface area contributed by atoms with Gasteiger partial charge >= 0.3 is 0 Å². The third-order valence-corrected chi connectivity index (χ3v) is 3.22. The highest BCUT2D eigenvalue weighted by molar-refractivity contribution is 5.55. The molecular formula is C16H16FN3O. The normalized spacial score (nSPS) is 10.8. The van der Waals surface area contributed by atoms with Gasteiger partial charge < -0.3 is 10.1 Å². The van der Waals surface area contributed by atoms with Crippen LogP contribution in [0.4, 0.5) is 10.1 Å². The number of nitrogens with one attached hydrogen (secondary N) is 1. The van der Waals surface area contributed by atoms with Crippen molar-refractivity contribution in [2.45, 2.75) is 13.5 Å². The number of hydrogen-bond donors (Lipinski definition) is 1. The van der Waals surface area contributed by atoms with Gasteiger partial charge in [0.15, 0.2) is 11.6 Å². The molecule has 0 radical (unpaired) electrons. The molecule has 0 saturated heterocycles. The maximum atomic E-state index is 13.8. The average Bonchev–Trinajstić information content (AvgIpc) is 2.91.